The fourth-order valence-corrected chi connectivity index (χ4v) is 3.63. The zero-order chi connectivity index (χ0) is 23.5. The van der Waals surface area contributed by atoms with Crippen molar-refractivity contribution in [2.24, 2.45) is 0 Å². The van der Waals surface area contributed by atoms with E-state index in [0.717, 1.165) is 29.8 Å². The molecule has 0 heterocycles. The third-order valence-corrected chi connectivity index (χ3v) is 5.33. The molecule has 1 N–H and O–H groups in total. The first-order valence-corrected chi connectivity index (χ1v) is 11.4. The molecule has 2 aliphatic carbocycles. The van der Waals surface area contributed by atoms with E-state index in [1.165, 1.54) is 17.1 Å². The Morgan fingerprint density at radius 2 is 1.26 bits per heavy atom. The third-order valence-electron chi connectivity index (χ3n) is 5.33. The zero-order valence-electron chi connectivity index (χ0n) is 20.1. The van der Waals surface area contributed by atoms with Gasteiger partial charge < -0.3 is 14.7 Å². The van der Waals surface area contributed by atoms with E-state index < -0.39 is 0 Å². The maximum Gasteiger partial charge on any atom is 2.00 e. The van der Waals surface area contributed by atoms with E-state index >= 15 is 0 Å². The monoisotopic (exact) mass is 541 g/mol. The van der Waals surface area contributed by atoms with Gasteiger partial charge in [-0.1, -0.05) is 36.8 Å². The Bertz CT molecular complexity index is 841. The van der Waals surface area contributed by atoms with Crippen LogP contribution in [0.3, 0.4) is 0 Å². The van der Waals surface area contributed by atoms with E-state index in [1.807, 2.05) is 70.5 Å². The molecule has 3 nitrogen and oxygen atoms in total. The Morgan fingerprint density at radius 3 is 1.74 bits per heavy atom. The molecule has 0 aromatic heterocycles. The van der Waals surface area contributed by atoms with Gasteiger partial charge in [0.2, 0.25) is 0 Å². The number of aromatic hydroxyl groups is 1. The standard InChI is InChI=1S/C25H28NO2.C5H5.Ru/c1-4-24(19-7-5-6-8-19)25(20-9-13-22(27)14-10-20)21-11-15-23(16-12-21)28-18-17-26(2)3;1-2-4-5-3-1;/h5-16,27H,4,17-18H2,1-3H3;1-5H;/q;;+2/b25-24-;;. The van der Waals surface area contributed by atoms with Crippen molar-refractivity contribution >= 4 is 5.57 Å². The van der Waals surface area contributed by atoms with E-state index in [4.69, 9.17) is 4.74 Å². The van der Waals surface area contributed by atoms with Crippen LogP contribution in [-0.4, -0.2) is 37.3 Å². The molecule has 0 unspecified atom stereocenters. The molecule has 0 aliphatic heterocycles. The van der Waals surface area contributed by atoms with Gasteiger partial charge in [0, 0.05) is 12.5 Å². The summed E-state index contributed by atoms with van der Waals surface area (Å²) < 4.78 is 5.84. The first kappa shape index (κ1) is 28.6. The molecule has 2 fully saturated rings. The second-order valence-corrected chi connectivity index (χ2v) is 8.07. The predicted octanol–water partition coefficient (Wildman–Crippen LogP) is 5.97. The third kappa shape index (κ3) is 8.86. The average Bonchev–Trinajstić information content (AvgIpc) is 3.56. The van der Waals surface area contributed by atoms with E-state index in [1.54, 1.807) is 12.1 Å². The number of phenols is 1. The van der Waals surface area contributed by atoms with Crippen molar-refractivity contribution in [1.29, 1.82) is 0 Å². The summed E-state index contributed by atoms with van der Waals surface area (Å²) in [6.45, 7) is 3.74. The largest absolute Gasteiger partial charge is 2.00 e. The Kier molecular flexibility index (Phi) is 12.9. The Morgan fingerprint density at radius 1 is 0.765 bits per heavy atom. The van der Waals surface area contributed by atoms with Crippen LogP contribution >= 0.6 is 0 Å². The maximum absolute atomic E-state index is 9.71. The number of allylic oxidation sites excluding steroid dienone is 1. The quantitative estimate of drug-likeness (QED) is 0.419. The molecule has 0 atom stereocenters. The summed E-state index contributed by atoms with van der Waals surface area (Å²) in [7, 11) is 4.08. The molecule has 0 saturated heterocycles. The van der Waals surface area contributed by atoms with E-state index in [0.29, 0.717) is 6.61 Å². The number of hydrogen-bond donors (Lipinski definition) is 1. The Hall–Kier alpha value is -1.64. The Labute approximate surface area is 220 Å². The topological polar surface area (TPSA) is 32.7 Å². The maximum atomic E-state index is 9.71. The molecule has 4 rings (SSSR count). The second kappa shape index (κ2) is 15.4. The minimum Gasteiger partial charge on any atom is -0.508 e. The van der Waals surface area contributed by atoms with Gasteiger partial charge in [-0.2, -0.15) is 0 Å². The summed E-state index contributed by atoms with van der Waals surface area (Å²) in [4.78, 5) is 2.10. The van der Waals surface area contributed by atoms with E-state index in [2.05, 4.69) is 49.6 Å². The molecule has 2 aliphatic rings. The molecular formula is C30H33NO2Ru+2. The first-order chi connectivity index (χ1) is 16.1. The SMILES string of the molecule is CC/C([C]1[CH][CH][CH][CH]1)=C(\c1ccc(O)cc1)c1ccc(OCCN(C)C)cc1.[CH]1[CH][CH][CH][CH]1.[Ru+2]. The van der Waals surface area contributed by atoms with Crippen molar-refractivity contribution in [1.82, 2.24) is 4.90 Å². The van der Waals surface area contributed by atoms with Crippen LogP contribution in [0.4, 0.5) is 0 Å². The van der Waals surface area contributed by atoms with Crippen LogP contribution < -0.4 is 4.74 Å². The number of rotatable bonds is 8. The normalized spacial score (nSPS) is 16.5. The second-order valence-electron chi connectivity index (χ2n) is 8.07. The predicted molar refractivity (Wildman–Crippen MR) is 137 cm³/mol. The molecule has 2 saturated carbocycles. The molecular weight excluding hydrogens is 507 g/mol. The van der Waals surface area contributed by atoms with Gasteiger partial charge in [-0.05, 0) is 119 Å². The first-order valence-electron chi connectivity index (χ1n) is 11.4. The van der Waals surface area contributed by atoms with Crippen molar-refractivity contribution in [3.63, 3.8) is 0 Å². The summed E-state index contributed by atoms with van der Waals surface area (Å²) >= 11 is 0. The molecule has 0 amide bonds. The van der Waals surface area contributed by atoms with Crippen LogP contribution in [0.1, 0.15) is 24.5 Å². The van der Waals surface area contributed by atoms with Crippen LogP contribution in [0.2, 0.25) is 0 Å². The molecule has 176 valence electrons. The fourth-order valence-electron chi connectivity index (χ4n) is 3.63. The smallest absolute Gasteiger partial charge is 0.508 e. The summed E-state index contributed by atoms with van der Waals surface area (Å²) in [6, 6.07) is 15.7. The number of phenolic OH excluding ortho intramolecular Hbond substituents is 1. The van der Waals surface area contributed by atoms with Gasteiger partial charge in [-0.15, -0.1) is 0 Å². The molecule has 2 aromatic carbocycles. The fraction of sp³-hybridized carbons (Fsp3) is 0.200. The number of hydrogen-bond acceptors (Lipinski definition) is 3. The average molecular weight is 541 g/mol. The molecule has 4 heteroatoms. The van der Waals surface area contributed by atoms with Crippen LogP contribution in [-0.2, 0) is 19.5 Å². The van der Waals surface area contributed by atoms with Crippen LogP contribution in [0.5, 0.6) is 11.5 Å². The van der Waals surface area contributed by atoms with Gasteiger partial charge in [-0.25, -0.2) is 0 Å². The van der Waals surface area contributed by atoms with Crippen molar-refractivity contribution in [2.75, 3.05) is 27.2 Å². The van der Waals surface area contributed by atoms with Gasteiger partial charge >= 0.3 is 19.5 Å². The molecule has 34 heavy (non-hydrogen) atoms. The van der Waals surface area contributed by atoms with Gasteiger partial charge in [0.05, 0.1) is 0 Å². The van der Waals surface area contributed by atoms with Crippen molar-refractivity contribution in [3.8, 4) is 11.5 Å². The molecule has 10 radical (unpaired) electrons. The van der Waals surface area contributed by atoms with Gasteiger partial charge in [0.25, 0.3) is 0 Å². The van der Waals surface area contributed by atoms with Crippen molar-refractivity contribution in [2.45, 2.75) is 13.3 Å². The molecule has 0 bridgehead atoms. The van der Waals surface area contributed by atoms with E-state index in [-0.39, 0.29) is 25.2 Å². The van der Waals surface area contributed by atoms with Gasteiger partial charge in [0.1, 0.15) is 18.1 Å². The summed E-state index contributed by atoms with van der Waals surface area (Å²) in [6.07, 6.45) is 19.4. The van der Waals surface area contributed by atoms with Gasteiger partial charge in [-0.3, -0.25) is 0 Å². The van der Waals surface area contributed by atoms with Crippen molar-refractivity contribution < 1.29 is 29.3 Å². The summed E-state index contributed by atoms with van der Waals surface area (Å²) in [5, 5.41) is 9.71. The van der Waals surface area contributed by atoms with Crippen LogP contribution in [0.25, 0.3) is 5.57 Å². The zero-order valence-corrected chi connectivity index (χ0v) is 21.8. The van der Waals surface area contributed by atoms with Crippen LogP contribution in [0.15, 0.2) is 54.1 Å². The van der Waals surface area contributed by atoms with Crippen LogP contribution in [0, 0.1) is 63.7 Å². The van der Waals surface area contributed by atoms with Crippen molar-refractivity contribution in [3.05, 3.63) is 129 Å². The molecule has 0 spiro atoms. The Balaban J connectivity index is 0.000000603. The molecule has 2 aromatic rings. The number of ether oxygens (including phenoxy) is 1. The minimum atomic E-state index is 0. The summed E-state index contributed by atoms with van der Waals surface area (Å²) in [5.74, 6) is 2.39. The van der Waals surface area contributed by atoms with E-state index in [9.17, 15) is 5.11 Å². The number of nitrogens with zero attached hydrogens (tertiary/aromatic N) is 1. The van der Waals surface area contributed by atoms with Gasteiger partial charge in [0.15, 0.2) is 0 Å². The number of likely N-dealkylation sites (N-methyl/N-ethyl adjacent to an activating group) is 1. The summed E-state index contributed by atoms with van der Waals surface area (Å²) in [5.41, 5.74) is 4.71. The minimum absolute atomic E-state index is 0. The number of benzene rings is 2.